The number of nitrogens with zero attached hydrogens (tertiary/aromatic N) is 1. The quantitative estimate of drug-likeness (QED) is 0.110. The summed E-state index contributed by atoms with van der Waals surface area (Å²) in [6.07, 6.45) is 0.894. The summed E-state index contributed by atoms with van der Waals surface area (Å²) in [7, 11) is 2.19. The molecule has 0 atom stereocenters. The molecule has 0 aliphatic carbocycles. The van der Waals surface area contributed by atoms with E-state index in [1.165, 1.54) is 16.8 Å². The zero-order chi connectivity index (χ0) is 41.7. The van der Waals surface area contributed by atoms with Crippen molar-refractivity contribution < 1.29 is 36.0 Å². The molecule has 3 nitrogen and oxygen atoms in total. The number of rotatable bonds is 10. The first-order valence-electron chi connectivity index (χ1n) is 20.1. The Labute approximate surface area is 374 Å². The normalized spacial score (nSPS) is 10.1. The average molecular weight is 858 g/mol. The minimum Gasteiger partial charge on any atom is -0.507 e. The van der Waals surface area contributed by atoms with E-state index in [4.69, 9.17) is 4.74 Å². The number of aromatic hydroxyl groups is 1. The third kappa shape index (κ3) is 15.6. The van der Waals surface area contributed by atoms with Gasteiger partial charge in [0.25, 0.3) is 0 Å². The summed E-state index contributed by atoms with van der Waals surface area (Å²) in [4.78, 5) is 2.38. The van der Waals surface area contributed by atoms with E-state index in [-0.39, 0.29) is 32.0 Å². The van der Waals surface area contributed by atoms with Crippen LogP contribution < -0.4 is 9.64 Å². The monoisotopic (exact) mass is 856 g/mol. The minimum absolute atomic E-state index is 0. The molecule has 0 bridgehead atoms. The molecule has 7 aromatic carbocycles. The number of ether oxygens (including phenoxy) is 1. The van der Waals surface area contributed by atoms with E-state index in [1.807, 2.05) is 164 Å². The van der Waals surface area contributed by atoms with E-state index in [2.05, 4.69) is 78.6 Å². The summed E-state index contributed by atoms with van der Waals surface area (Å²) < 4.78 is 6.30. The van der Waals surface area contributed by atoms with Crippen LogP contribution in [0, 0.1) is 20.8 Å². The van der Waals surface area contributed by atoms with Crippen molar-refractivity contribution in [1.29, 1.82) is 0 Å². The summed E-state index contributed by atoms with van der Waals surface area (Å²) in [5, 5.41) is 11.2. The second kappa shape index (κ2) is 25.7. The number of anilines is 1. The minimum atomic E-state index is 0. The first-order chi connectivity index (χ1) is 28.1. The predicted octanol–water partition coefficient (Wildman–Crippen LogP) is 14.5. The third-order valence-electron chi connectivity index (χ3n) is 9.45. The fourth-order valence-electron chi connectivity index (χ4n) is 6.41. The number of para-hydroxylation sites is 3. The molecule has 0 amide bonds. The first kappa shape index (κ1) is 47.8. The van der Waals surface area contributed by atoms with Gasteiger partial charge in [0.1, 0.15) is 11.5 Å². The molecule has 300 valence electrons. The van der Waals surface area contributed by atoms with E-state index < -0.39 is 0 Å². The van der Waals surface area contributed by atoms with Crippen LogP contribution >= 0.6 is 0 Å². The molecular weight excluding hydrogens is 798 g/mol. The van der Waals surface area contributed by atoms with Gasteiger partial charge < -0.3 is 14.7 Å². The van der Waals surface area contributed by atoms with Crippen LogP contribution in [-0.2, 0) is 26.2 Å². The van der Waals surface area contributed by atoms with Gasteiger partial charge in [-0.3, -0.25) is 0 Å². The zero-order valence-electron chi connectivity index (χ0n) is 35.5. The largest absolute Gasteiger partial charge is 4.00 e. The Morgan fingerprint density at radius 3 is 1.32 bits per heavy atom. The van der Waals surface area contributed by atoms with Crippen LogP contribution in [0.25, 0.3) is 22.3 Å². The van der Waals surface area contributed by atoms with Crippen LogP contribution in [0.15, 0.2) is 182 Å². The van der Waals surface area contributed by atoms with Gasteiger partial charge in [0.05, 0.1) is 6.61 Å². The van der Waals surface area contributed by atoms with Crippen LogP contribution in [-0.4, -0.2) is 25.3 Å². The van der Waals surface area contributed by atoms with Gasteiger partial charge in [-0.25, -0.2) is 0 Å². The number of hydrogen-bond donors (Lipinski definition) is 1. The number of hydrogen-bond acceptors (Lipinski definition) is 3. The smallest absolute Gasteiger partial charge is 0.507 e. The summed E-state index contributed by atoms with van der Waals surface area (Å²) in [6.45, 7) is 21.7. The Hall–Kier alpha value is -5.57. The third-order valence-corrected chi connectivity index (χ3v) is 9.45. The SMILES string of the molecule is CC(C)c1cccc(C(C)C)c1N(C)CCCOc1ccccc1-c1cccc(-c2ccccc2)c1O.[CH2-]c1ccccc1.[CH2-]c1ccccc1.[CH2-]c1ccccc1.[Zr+4]. The van der Waals surface area contributed by atoms with Crippen LogP contribution in [0.2, 0.25) is 0 Å². The number of benzene rings is 7. The molecule has 0 spiro atoms. The second-order valence-corrected chi connectivity index (χ2v) is 14.7. The van der Waals surface area contributed by atoms with Gasteiger partial charge in [0.15, 0.2) is 0 Å². The fourth-order valence-corrected chi connectivity index (χ4v) is 6.41. The van der Waals surface area contributed by atoms with Crippen molar-refractivity contribution in [2.75, 3.05) is 25.1 Å². The molecule has 0 unspecified atom stereocenters. The summed E-state index contributed by atoms with van der Waals surface area (Å²) >= 11 is 0. The van der Waals surface area contributed by atoms with Gasteiger partial charge in [0, 0.05) is 36.0 Å². The maximum Gasteiger partial charge on any atom is 4.00 e. The molecule has 0 radical (unpaired) electrons. The molecular formula is C55H60NO2Zr+. The van der Waals surface area contributed by atoms with E-state index in [1.54, 1.807) is 0 Å². The molecule has 0 aliphatic rings. The average Bonchev–Trinajstić information content (AvgIpc) is 3.24. The molecule has 1 N–H and O–H groups in total. The first-order valence-corrected chi connectivity index (χ1v) is 20.1. The Balaban J connectivity index is 0.000000339. The van der Waals surface area contributed by atoms with Gasteiger partial charge in [0.2, 0.25) is 0 Å². The fraction of sp³-hybridized carbons (Fsp3) is 0.182. The van der Waals surface area contributed by atoms with Gasteiger partial charge >= 0.3 is 26.2 Å². The van der Waals surface area contributed by atoms with Gasteiger partial charge in [-0.2, -0.15) is 73.9 Å². The zero-order valence-corrected chi connectivity index (χ0v) is 38.0. The van der Waals surface area contributed by atoms with Crippen LogP contribution in [0.1, 0.15) is 73.8 Å². The standard InChI is InChI=1S/C34H39NO2.3C7H7.Zr/c1-24(2)27-17-11-18-28(25(3)4)33(27)35(5)22-13-23-37-32-21-10-9-16-30(32)31-20-12-19-29(34(31)36)26-14-7-6-8-15-26;3*1-7-5-3-2-4-6-7;/h6-12,14-21,24-25,36H,13,22-23H2,1-5H3;3*2-6H,1H2;/q;3*-1;+4. The number of phenols is 1. The van der Waals surface area contributed by atoms with Gasteiger partial charge in [-0.15, -0.1) is 36.4 Å². The van der Waals surface area contributed by atoms with Crippen molar-refractivity contribution in [3.05, 3.63) is 231 Å². The molecule has 59 heavy (non-hydrogen) atoms. The summed E-state index contributed by atoms with van der Waals surface area (Å²) in [5.74, 6) is 2.00. The Bertz CT molecular complexity index is 2070. The van der Waals surface area contributed by atoms with Crippen molar-refractivity contribution in [3.63, 3.8) is 0 Å². The van der Waals surface area contributed by atoms with Crippen molar-refractivity contribution in [2.24, 2.45) is 0 Å². The maximum absolute atomic E-state index is 11.2. The van der Waals surface area contributed by atoms with Crippen molar-refractivity contribution in [1.82, 2.24) is 0 Å². The number of phenolic OH excluding ortho intramolecular Hbond substituents is 1. The molecule has 4 heteroatoms. The molecule has 0 saturated carbocycles. The predicted molar refractivity (Wildman–Crippen MR) is 250 cm³/mol. The second-order valence-electron chi connectivity index (χ2n) is 14.7. The van der Waals surface area contributed by atoms with Crippen molar-refractivity contribution in [3.8, 4) is 33.8 Å². The van der Waals surface area contributed by atoms with E-state index >= 15 is 0 Å². The Morgan fingerprint density at radius 2 is 0.881 bits per heavy atom. The summed E-state index contributed by atoms with van der Waals surface area (Å²) in [6, 6.07) is 60.2. The van der Waals surface area contributed by atoms with Gasteiger partial charge in [-0.05, 0) is 41.0 Å². The molecule has 0 heterocycles. The molecule has 0 aliphatic heterocycles. The van der Waals surface area contributed by atoms with Crippen LogP contribution in [0.3, 0.4) is 0 Å². The molecule has 0 saturated heterocycles. The van der Waals surface area contributed by atoms with Crippen molar-refractivity contribution in [2.45, 2.75) is 46.0 Å². The van der Waals surface area contributed by atoms with E-state index in [9.17, 15) is 5.11 Å². The Morgan fingerprint density at radius 1 is 0.492 bits per heavy atom. The van der Waals surface area contributed by atoms with E-state index in [0.29, 0.717) is 18.4 Å². The molecule has 7 rings (SSSR count). The molecule has 7 aromatic rings. The van der Waals surface area contributed by atoms with Gasteiger partial charge in [-0.1, -0.05) is 131 Å². The topological polar surface area (TPSA) is 32.7 Å². The van der Waals surface area contributed by atoms with Crippen LogP contribution in [0.4, 0.5) is 5.69 Å². The molecule has 0 fully saturated rings. The Kier molecular flexibility index (Phi) is 20.8. The van der Waals surface area contributed by atoms with E-state index in [0.717, 1.165) is 57.7 Å². The summed E-state index contributed by atoms with van der Waals surface area (Å²) in [5.41, 5.74) is 10.9. The molecule has 0 aromatic heterocycles. The maximum atomic E-state index is 11.2. The van der Waals surface area contributed by atoms with Crippen LogP contribution in [0.5, 0.6) is 11.5 Å². The van der Waals surface area contributed by atoms with Crippen molar-refractivity contribution >= 4 is 5.69 Å².